The standard InChI is InChI=1S/C13H10Cl2O4S2/c14-7-1-2-8(15)13-12(7)20-9(5-17)11(21-13)6(4-16)3-10(18)19/h1-2,4,9,17H,3,5H2,(H,18,19)/b11-6-. The molecule has 8 heteroatoms. The number of fused-ring (bicyclic) bond motifs is 1. The van der Waals surface area contributed by atoms with Crippen molar-refractivity contribution in [3.63, 3.8) is 0 Å². The Morgan fingerprint density at radius 1 is 1.29 bits per heavy atom. The summed E-state index contributed by atoms with van der Waals surface area (Å²) >= 11 is 14.7. The number of halogens is 2. The van der Waals surface area contributed by atoms with Crippen molar-refractivity contribution in [1.29, 1.82) is 0 Å². The molecule has 21 heavy (non-hydrogen) atoms. The zero-order chi connectivity index (χ0) is 15.6. The molecule has 0 fully saturated rings. The van der Waals surface area contributed by atoms with E-state index >= 15 is 0 Å². The number of carboxylic acid groups (broad SMARTS) is 1. The van der Waals surface area contributed by atoms with Crippen molar-refractivity contribution in [1.82, 2.24) is 0 Å². The van der Waals surface area contributed by atoms with E-state index < -0.39 is 17.6 Å². The van der Waals surface area contributed by atoms with Gasteiger partial charge < -0.3 is 10.2 Å². The van der Waals surface area contributed by atoms with Gasteiger partial charge in [-0.05, 0) is 12.1 Å². The predicted molar refractivity (Wildman–Crippen MR) is 84.4 cm³/mol. The molecular formula is C13H10Cl2O4S2. The van der Waals surface area contributed by atoms with Crippen molar-refractivity contribution >= 4 is 59.0 Å². The second-order valence-electron chi connectivity index (χ2n) is 4.16. The third kappa shape index (κ3) is 3.57. The molecule has 0 amide bonds. The van der Waals surface area contributed by atoms with Gasteiger partial charge in [0.2, 0.25) is 0 Å². The summed E-state index contributed by atoms with van der Waals surface area (Å²) in [5.74, 6) is -1.10. The van der Waals surface area contributed by atoms with E-state index in [2.05, 4.69) is 0 Å². The molecule has 0 saturated carbocycles. The van der Waals surface area contributed by atoms with Crippen molar-refractivity contribution in [2.24, 2.45) is 0 Å². The summed E-state index contributed by atoms with van der Waals surface area (Å²) in [7, 11) is 0. The predicted octanol–water partition coefficient (Wildman–Crippen LogP) is 3.48. The number of thioether (sulfide) groups is 2. The van der Waals surface area contributed by atoms with Crippen LogP contribution in [0.3, 0.4) is 0 Å². The fraction of sp³-hybridized carbons (Fsp3) is 0.231. The van der Waals surface area contributed by atoms with Crippen LogP contribution in [0.2, 0.25) is 10.0 Å². The lowest BCUT2D eigenvalue weighted by molar-refractivity contribution is -0.136. The molecule has 112 valence electrons. The average molecular weight is 365 g/mol. The van der Waals surface area contributed by atoms with Gasteiger partial charge in [-0.3, -0.25) is 9.59 Å². The van der Waals surface area contributed by atoms with Crippen LogP contribution in [0.25, 0.3) is 0 Å². The Morgan fingerprint density at radius 3 is 2.43 bits per heavy atom. The number of carbonyl (C=O) groups excluding carboxylic acids is 1. The monoisotopic (exact) mass is 364 g/mol. The van der Waals surface area contributed by atoms with Crippen LogP contribution in [0.1, 0.15) is 6.42 Å². The van der Waals surface area contributed by atoms with Crippen molar-refractivity contribution < 1.29 is 19.8 Å². The topological polar surface area (TPSA) is 74.6 Å². The lowest BCUT2D eigenvalue weighted by atomic mass is 10.1. The lowest BCUT2D eigenvalue weighted by Gasteiger charge is -2.27. The van der Waals surface area contributed by atoms with Crippen LogP contribution in [0.4, 0.5) is 0 Å². The molecule has 1 aromatic carbocycles. The fourth-order valence-electron chi connectivity index (χ4n) is 1.83. The van der Waals surface area contributed by atoms with Gasteiger partial charge in [0.25, 0.3) is 0 Å². The molecule has 0 aromatic heterocycles. The van der Waals surface area contributed by atoms with Crippen LogP contribution in [0.15, 0.2) is 32.4 Å². The van der Waals surface area contributed by atoms with Gasteiger partial charge >= 0.3 is 5.97 Å². The number of carboxylic acids is 1. The summed E-state index contributed by atoms with van der Waals surface area (Å²) in [6.07, 6.45) is 0.125. The second kappa shape index (κ2) is 7.07. The van der Waals surface area contributed by atoms with Gasteiger partial charge in [-0.25, -0.2) is 0 Å². The molecule has 0 radical (unpaired) electrons. The number of hydrogen-bond donors (Lipinski definition) is 2. The van der Waals surface area contributed by atoms with E-state index in [0.29, 0.717) is 26.1 Å². The molecule has 1 heterocycles. The molecule has 1 atom stereocenters. The summed E-state index contributed by atoms with van der Waals surface area (Å²) in [4.78, 5) is 24.0. The van der Waals surface area contributed by atoms with E-state index in [0.717, 1.165) is 4.90 Å². The highest BCUT2D eigenvalue weighted by atomic mass is 35.5. The first kappa shape index (κ1) is 16.7. The molecule has 1 aliphatic heterocycles. The Morgan fingerprint density at radius 2 is 1.90 bits per heavy atom. The van der Waals surface area contributed by atoms with E-state index in [1.807, 2.05) is 0 Å². The van der Waals surface area contributed by atoms with E-state index in [4.69, 9.17) is 28.3 Å². The van der Waals surface area contributed by atoms with Crippen LogP contribution < -0.4 is 0 Å². The van der Waals surface area contributed by atoms with E-state index in [1.54, 1.807) is 12.1 Å². The normalized spacial score (nSPS) is 19.9. The molecule has 2 N–H and O–H groups in total. The minimum atomic E-state index is -1.10. The molecule has 1 aromatic rings. The van der Waals surface area contributed by atoms with Crippen molar-refractivity contribution in [2.45, 2.75) is 21.5 Å². The fourth-order valence-corrected chi connectivity index (χ4v) is 5.13. The van der Waals surface area contributed by atoms with Crippen molar-refractivity contribution in [3.05, 3.63) is 32.7 Å². The number of carbonyl (C=O) groups is 2. The SMILES string of the molecule is O=C/C(CC(=O)O)=C1\Sc2c(Cl)ccc(Cl)c2SC1CO. The third-order valence-corrected chi connectivity index (χ3v) is 6.60. The Labute approximate surface area is 139 Å². The quantitative estimate of drug-likeness (QED) is 0.629. The highest BCUT2D eigenvalue weighted by molar-refractivity contribution is 8.09. The highest BCUT2D eigenvalue weighted by Crippen LogP contribution is 2.53. The number of aliphatic hydroxyl groups is 1. The maximum Gasteiger partial charge on any atom is 0.307 e. The molecule has 2 rings (SSSR count). The largest absolute Gasteiger partial charge is 0.481 e. The summed E-state index contributed by atoms with van der Waals surface area (Å²) in [5, 5.41) is 18.9. The van der Waals surface area contributed by atoms with Gasteiger partial charge in [-0.1, -0.05) is 35.0 Å². The summed E-state index contributed by atoms with van der Waals surface area (Å²) in [6.45, 7) is -0.230. The van der Waals surface area contributed by atoms with Gasteiger partial charge in [0.1, 0.15) is 6.29 Å². The first-order chi connectivity index (χ1) is 9.97. The van der Waals surface area contributed by atoms with Crippen LogP contribution in [-0.2, 0) is 9.59 Å². The highest BCUT2D eigenvalue weighted by Gasteiger charge is 2.30. The van der Waals surface area contributed by atoms with Gasteiger partial charge in [0.15, 0.2) is 0 Å². The number of aliphatic hydroxyl groups excluding tert-OH is 1. The van der Waals surface area contributed by atoms with E-state index in [9.17, 15) is 14.7 Å². The zero-order valence-electron chi connectivity index (χ0n) is 10.5. The van der Waals surface area contributed by atoms with Crippen LogP contribution in [0, 0.1) is 0 Å². The summed E-state index contributed by atoms with van der Waals surface area (Å²) < 4.78 is 0. The number of hydrogen-bond acceptors (Lipinski definition) is 5. The molecule has 1 aliphatic rings. The van der Waals surface area contributed by atoms with Crippen molar-refractivity contribution in [2.75, 3.05) is 6.61 Å². The number of aliphatic carboxylic acids is 1. The van der Waals surface area contributed by atoms with Gasteiger partial charge in [-0.2, -0.15) is 0 Å². The second-order valence-corrected chi connectivity index (χ2v) is 7.24. The Bertz CT molecular complexity index is 631. The smallest absolute Gasteiger partial charge is 0.307 e. The first-order valence-electron chi connectivity index (χ1n) is 5.81. The van der Waals surface area contributed by atoms with Crippen LogP contribution in [0.5, 0.6) is 0 Å². The Kier molecular flexibility index (Phi) is 5.62. The average Bonchev–Trinajstić information content (AvgIpc) is 2.47. The lowest BCUT2D eigenvalue weighted by Crippen LogP contribution is -2.17. The minimum Gasteiger partial charge on any atom is -0.481 e. The Hall–Kier alpha value is -0.660. The number of rotatable bonds is 4. The Balaban J connectivity index is 2.53. The third-order valence-electron chi connectivity index (χ3n) is 2.75. The maximum absolute atomic E-state index is 11.2. The number of benzene rings is 1. The minimum absolute atomic E-state index is 0.140. The zero-order valence-corrected chi connectivity index (χ0v) is 13.7. The molecule has 4 nitrogen and oxygen atoms in total. The molecular weight excluding hydrogens is 355 g/mol. The number of aldehydes is 1. The van der Waals surface area contributed by atoms with Gasteiger partial charge in [0, 0.05) is 20.3 Å². The van der Waals surface area contributed by atoms with Gasteiger partial charge in [-0.15, -0.1) is 11.8 Å². The summed E-state index contributed by atoms with van der Waals surface area (Å²) in [6, 6.07) is 3.31. The maximum atomic E-state index is 11.2. The van der Waals surface area contributed by atoms with E-state index in [1.165, 1.54) is 23.5 Å². The molecule has 0 saturated heterocycles. The molecule has 0 spiro atoms. The van der Waals surface area contributed by atoms with Gasteiger partial charge in [0.05, 0.1) is 28.3 Å². The molecule has 0 aliphatic carbocycles. The van der Waals surface area contributed by atoms with E-state index in [-0.39, 0.29) is 12.2 Å². The summed E-state index contributed by atoms with van der Waals surface area (Å²) in [5.41, 5.74) is 0.140. The molecule has 1 unspecified atom stereocenters. The molecule has 0 bridgehead atoms. The first-order valence-corrected chi connectivity index (χ1v) is 8.26. The van der Waals surface area contributed by atoms with Crippen LogP contribution >= 0.6 is 46.7 Å². The van der Waals surface area contributed by atoms with Crippen molar-refractivity contribution in [3.8, 4) is 0 Å². The van der Waals surface area contributed by atoms with Crippen LogP contribution in [-0.4, -0.2) is 34.3 Å².